The number of likely N-dealkylation sites (N-methyl/N-ethyl adjacent to an activating group) is 1. The van der Waals surface area contributed by atoms with Gasteiger partial charge >= 0.3 is 0 Å². The Balaban J connectivity index is 2.36. The first-order valence-corrected chi connectivity index (χ1v) is 5.29. The van der Waals surface area contributed by atoms with Crippen molar-refractivity contribution >= 4 is 5.71 Å². The van der Waals surface area contributed by atoms with Crippen molar-refractivity contribution in [2.75, 3.05) is 7.05 Å². The molecule has 0 aromatic heterocycles. The van der Waals surface area contributed by atoms with Crippen LogP contribution < -0.4 is 0 Å². The highest BCUT2D eigenvalue weighted by atomic mass is 15.5. The van der Waals surface area contributed by atoms with Crippen molar-refractivity contribution in [2.45, 2.75) is 19.4 Å². The molecule has 1 unspecified atom stereocenters. The van der Waals surface area contributed by atoms with Crippen LogP contribution in [0.2, 0.25) is 0 Å². The van der Waals surface area contributed by atoms with Gasteiger partial charge < -0.3 is 0 Å². The number of rotatable bonds is 2. The minimum Gasteiger partial charge on any atom is -0.288 e. The zero-order valence-electron chi connectivity index (χ0n) is 9.27. The van der Waals surface area contributed by atoms with Crippen LogP contribution in [-0.2, 0) is 0 Å². The molecule has 1 atom stereocenters. The fraction of sp³-hybridized carbons (Fsp3) is 0.308. The van der Waals surface area contributed by atoms with Crippen molar-refractivity contribution < 1.29 is 0 Å². The van der Waals surface area contributed by atoms with E-state index >= 15 is 0 Å². The summed E-state index contributed by atoms with van der Waals surface area (Å²) < 4.78 is 0. The standard InChI is InChI=1S/C13H16N2/c1-4-10-6-7-13-11(8-10)9-12(5-2)14-15(13)3/h4,6-9,13H,1,5H2,2-3H3. The van der Waals surface area contributed by atoms with E-state index in [2.05, 4.69) is 42.9 Å². The highest BCUT2D eigenvalue weighted by Gasteiger charge is 2.21. The number of hydrogen-bond acceptors (Lipinski definition) is 2. The van der Waals surface area contributed by atoms with Gasteiger partial charge in [-0.15, -0.1) is 0 Å². The molecule has 0 amide bonds. The third-order valence-corrected chi connectivity index (χ3v) is 2.77. The van der Waals surface area contributed by atoms with Crippen LogP contribution in [0.1, 0.15) is 13.3 Å². The predicted molar refractivity (Wildman–Crippen MR) is 64.8 cm³/mol. The van der Waals surface area contributed by atoms with E-state index in [1.807, 2.05) is 18.1 Å². The zero-order valence-corrected chi connectivity index (χ0v) is 9.27. The fourth-order valence-electron chi connectivity index (χ4n) is 1.89. The van der Waals surface area contributed by atoms with Crippen LogP contribution in [0.3, 0.4) is 0 Å². The summed E-state index contributed by atoms with van der Waals surface area (Å²) in [5.41, 5.74) is 3.61. The lowest BCUT2D eigenvalue weighted by molar-refractivity contribution is 0.324. The van der Waals surface area contributed by atoms with E-state index in [9.17, 15) is 0 Å². The number of fused-ring (bicyclic) bond motifs is 1. The summed E-state index contributed by atoms with van der Waals surface area (Å²) in [6.07, 6.45) is 11.5. The summed E-state index contributed by atoms with van der Waals surface area (Å²) in [6, 6.07) is 0.295. The van der Waals surface area contributed by atoms with Crippen LogP contribution in [0, 0.1) is 0 Å². The molecule has 2 aliphatic rings. The molecule has 2 nitrogen and oxygen atoms in total. The van der Waals surface area contributed by atoms with Crippen LogP contribution in [-0.4, -0.2) is 23.8 Å². The summed E-state index contributed by atoms with van der Waals surface area (Å²) in [6.45, 7) is 5.92. The number of nitrogens with zero attached hydrogens (tertiary/aromatic N) is 2. The Bertz CT molecular complexity index is 397. The third-order valence-electron chi connectivity index (χ3n) is 2.77. The van der Waals surface area contributed by atoms with E-state index in [0.29, 0.717) is 6.04 Å². The second kappa shape index (κ2) is 3.89. The van der Waals surface area contributed by atoms with Crippen molar-refractivity contribution in [3.8, 4) is 0 Å². The molecule has 0 aromatic carbocycles. The van der Waals surface area contributed by atoms with Crippen molar-refractivity contribution in [1.29, 1.82) is 0 Å². The zero-order chi connectivity index (χ0) is 10.8. The minimum atomic E-state index is 0.295. The quantitative estimate of drug-likeness (QED) is 0.669. The van der Waals surface area contributed by atoms with E-state index < -0.39 is 0 Å². The van der Waals surface area contributed by atoms with Gasteiger partial charge in [0.2, 0.25) is 0 Å². The highest BCUT2D eigenvalue weighted by molar-refractivity contribution is 5.96. The van der Waals surface area contributed by atoms with Gasteiger partial charge in [-0.1, -0.05) is 31.7 Å². The predicted octanol–water partition coefficient (Wildman–Crippen LogP) is 2.68. The molecule has 78 valence electrons. The maximum absolute atomic E-state index is 4.50. The van der Waals surface area contributed by atoms with Gasteiger partial charge in [-0.3, -0.25) is 5.01 Å². The molecule has 1 heterocycles. The van der Waals surface area contributed by atoms with Gasteiger partial charge in [0.05, 0.1) is 11.8 Å². The molecule has 2 rings (SSSR count). The Morgan fingerprint density at radius 2 is 2.33 bits per heavy atom. The van der Waals surface area contributed by atoms with Crippen LogP contribution >= 0.6 is 0 Å². The first-order valence-electron chi connectivity index (χ1n) is 5.29. The van der Waals surface area contributed by atoms with Crippen molar-refractivity contribution in [1.82, 2.24) is 5.01 Å². The number of allylic oxidation sites excluding steroid dienone is 4. The lowest BCUT2D eigenvalue weighted by atomic mass is 9.94. The van der Waals surface area contributed by atoms with Gasteiger partial charge in [0.1, 0.15) is 0 Å². The topological polar surface area (TPSA) is 15.6 Å². The van der Waals surface area contributed by atoms with Crippen LogP contribution in [0.25, 0.3) is 0 Å². The molecule has 0 saturated carbocycles. The second-order valence-corrected chi connectivity index (χ2v) is 3.82. The van der Waals surface area contributed by atoms with Crippen LogP contribution in [0.5, 0.6) is 0 Å². The molecule has 0 N–H and O–H groups in total. The Morgan fingerprint density at radius 3 is 3.00 bits per heavy atom. The van der Waals surface area contributed by atoms with E-state index in [4.69, 9.17) is 0 Å². The summed E-state index contributed by atoms with van der Waals surface area (Å²) in [5.74, 6) is 0. The molecule has 1 aliphatic heterocycles. The van der Waals surface area contributed by atoms with Gasteiger partial charge in [0.15, 0.2) is 0 Å². The molecule has 2 heteroatoms. The van der Waals surface area contributed by atoms with E-state index in [-0.39, 0.29) is 0 Å². The Kier molecular flexibility index (Phi) is 2.58. The summed E-state index contributed by atoms with van der Waals surface area (Å²) in [5, 5.41) is 6.52. The van der Waals surface area contributed by atoms with Gasteiger partial charge in [0.25, 0.3) is 0 Å². The smallest absolute Gasteiger partial charge is 0.0902 e. The highest BCUT2D eigenvalue weighted by Crippen LogP contribution is 2.24. The third kappa shape index (κ3) is 1.80. The average Bonchev–Trinajstić information content (AvgIpc) is 2.28. The summed E-state index contributed by atoms with van der Waals surface area (Å²) >= 11 is 0. The van der Waals surface area contributed by atoms with Gasteiger partial charge in [-0.05, 0) is 29.7 Å². The first kappa shape index (κ1) is 9.97. The second-order valence-electron chi connectivity index (χ2n) is 3.82. The van der Waals surface area contributed by atoms with Crippen molar-refractivity contribution in [3.05, 3.63) is 48.1 Å². The van der Waals surface area contributed by atoms with Crippen molar-refractivity contribution in [3.63, 3.8) is 0 Å². The molecule has 0 saturated heterocycles. The maximum atomic E-state index is 4.50. The molecule has 15 heavy (non-hydrogen) atoms. The molecule has 0 radical (unpaired) electrons. The minimum absolute atomic E-state index is 0.295. The van der Waals surface area contributed by atoms with E-state index in [0.717, 1.165) is 12.1 Å². The van der Waals surface area contributed by atoms with E-state index in [1.165, 1.54) is 11.1 Å². The summed E-state index contributed by atoms with van der Waals surface area (Å²) in [4.78, 5) is 0. The molecule has 0 fully saturated rings. The normalized spacial score (nSPS) is 24.0. The summed E-state index contributed by atoms with van der Waals surface area (Å²) in [7, 11) is 2.02. The fourth-order valence-corrected chi connectivity index (χ4v) is 1.89. The lowest BCUT2D eigenvalue weighted by Crippen LogP contribution is -2.32. The first-order chi connectivity index (χ1) is 7.24. The van der Waals surface area contributed by atoms with Gasteiger partial charge in [-0.25, -0.2) is 0 Å². The number of hydrazone groups is 1. The van der Waals surface area contributed by atoms with Gasteiger partial charge in [-0.2, -0.15) is 5.10 Å². The van der Waals surface area contributed by atoms with Crippen LogP contribution in [0.4, 0.5) is 0 Å². The Morgan fingerprint density at radius 1 is 1.53 bits per heavy atom. The molecule has 0 spiro atoms. The molecule has 0 aromatic rings. The Hall–Kier alpha value is -1.57. The van der Waals surface area contributed by atoms with Crippen LogP contribution in [0.15, 0.2) is 53.2 Å². The largest absolute Gasteiger partial charge is 0.288 e. The van der Waals surface area contributed by atoms with E-state index in [1.54, 1.807) is 0 Å². The SMILES string of the molecule is C=CC1=CC2=CC(CC)=NN(C)C2C=C1. The molecular weight excluding hydrogens is 184 g/mol. The van der Waals surface area contributed by atoms with Gasteiger partial charge in [0, 0.05) is 7.05 Å². The monoisotopic (exact) mass is 200 g/mol. The molecule has 1 aliphatic carbocycles. The van der Waals surface area contributed by atoms with Crippen molar-refractivity contribution in [2.24, 2.45) is 5.10 Å². The molecule has 0 bridgehead atoms. The number of hydrogen-bond donors (Lipinski definition) is 0. The Labute approximate surface area is 91.0 Å². The lowest BCUT2D eigenvalue weighted by Gasteiger charge is -2.30. The molecular formula is C13H16N2. The maximum Gasteiger partial charge on any atom is 0.0902 e. The average molecular weight is 200 g/mol.